The monoisotopic (exact) mass is 234 g/mol. The Balaban J connectivity index is 2.56. The van der Waals surface area contributed by atoms with Crippen LogP contribution in [0.4, 0.5) is 0 Å². The Morgan fingerprint density at radius 2 is 2.06 bits per heavy atom. The predicted molar refractivity (Wildman–Crippen MR) is 62.8 cm³/mol. The molecule has 0 spiro atoms. The fourth-order valence-electron chi connectivity index (χ4n) is 1.90. The summed E-state index contributed by atoms with van der Waals surface area (Å²) in [6.45, 7) is 3.34. The van der Waals surface area contributed by atoms with Crippen LogP contribution in [0, 0.1) is 0 Å². The molecular formula is C12H14N2O3. The molecule has 0 bridgehead atoms. The first-order chi connectivity index (χ1) is 7.94. The van der Waals surface area contributed by atoms with Crippen LogP contribution in [0.25, 0.3) is 10.9 Å². The van der Waals surface area contributed by atoms with Gasteiger partial charge in [0.2, 0.25) is 0 Å². The van der Waals surface area contributed by atoms with Crippen LogP contribution in [-0.2, 0) is 10.2 Å². The second-order valence-electron chi connectivity index (χ2n) is 4.58. The molecule has 0 radical (unpaired) electrons. The van der Waals surface area contributed by atoms with Gasteiger partial charge in [-0.2, -0.15) is 5.10 Å². The number of aliphatic carboxylic acids is 1. The third-order valence-electron chi connectivity index (χ3n) is 3.02. The number of aromatic nitrogens is 2. The maximum absolute atomic E-state index is 10.9. The number of fused-ring (bicyclic) bond motifs is 1. The molecule has 5 nitrogen and oxygen atoms in total. The van der Waals surface area contributed by atoms with Gasteiger partial charge in [-0.1, -0.05) is 32.0 Å². The van der Waals surface area contributed by atoms with Crippen LogP contribution in [0.1, 0.15) is 19.5 Å². The van der Waals surface area contributed by atoms with Crippen LogP contribution in [0.3, 0.4) is 0 Å². The minimum atomic E-state index is -1.48. The van der Waals surface area contributed by atoms with Crippen LogP contribution in [0.2, 0.25) is 0 Å². The van der Waals surface area contributed by atoms with Crippen molar-refractivity contribution in [2.45, 2.75) is 25.4 Å². The predicted octanol–water partition coefficient (Wildman–Crippen LogP) is 1.29. The van der Waals surface area contributed by atoms with Crippen molar-refractivity contribution in [2.75, 3.05) is 0 Å². The molecule has 0 amide bonds. The average Bonchev–Trinajstić information content (AvgIpc) is 2.72. The summed E-state index contributed by atoms with van der Waals surface area (Å²) >= 11 is 0. The lowest BCUT2D eigenvalue weighted by atomic mass is 9.81. The number of hydrogen-bond donors (Lipinski definition) is 3. The number of aromatic amines is 1. The van der Waals surface area contributed by atoms with Crippen molar-refractivity contribution in [1.29, 1.82) is 0 Å². The molecule has 17 heavy (non-hydrogen) atoms. The van der Waals surface area contributed by atoms with Gasteiger partial charge >= 0.3 is 5.97 Å². The molecule has 1 unspecified atom stereocenters. The fourth-order valence-corrected chi connectivity index (χ4v) is 1.90. The van der Waals surface area contributed by atoms with Crippen LogP contribution in [0.15, 0.2) is 24.3 Å². The maximum Gasteiger partial charge on any atom is 0.333 e. The Morgan fingerprint density at radius 3 is 2.71 bits per heavy atom. The molecule has 0 fully saturated rings. The molecule has 0 aliphatic carbocycles. The molecule has 1 atom stereocenters. The summed E-state index contributed by atoms with van der Waals surface area (Å²) in [6.07, 6.45) is -1.48. The number of nitrogens with one attached hydrogen (secondary N) is 1. The van der Waals surface area contributed by atoms with Crippen molar-refractivity contribution in [3.05, 3.63) is 30.0 Å². The van der Waals surface area contributed by atoms with E-state index in [4.69, 9.17) is 5.11 Å². The number of aliphatic hydroxyl groups excluding tert-OH is 1. The SMILES string of the molecule is CC(C)(c1[nH]nc2ccccc12)C(O)C(=O)O. The van der Waals surface area contributed by atoms with Crippen LogP contribution >= 0.6 is 0 Å². The summed E-state index contributed by atoms with van der Waals surface area (Å²) in [5, 5.41) is 26.4. The molecule has 0 aliphatic rings. The Bertz CT molecular complexity index is 560. The summed E-state index contributed by atoms with van der Waals surface area (Å²) in [5.41, 5.74) is 0.457. The summed E-state index contributed by atoms with van der Waals surface area (Å²) in [4.78, 5) is 10.9. The third-order valence-corrected chi connectivity index (χ3v) is 3.02. The number of carbonyl (C=O) groups is 1. The number of para-hydroxylation sites is 1. The summed E-state index contributed by atoms with van der Waals surface area (Å²) in [7, 11) is 0. The van der Waals surface area contributed by atoms with Gasteiger partial charge in [0.1, 0.15) is 0 Å². The van der Waals surface area contributed by atoms with Gasteiger partial charge < -0.3 is 10.2 Å². The van der Waals surface area contributed by atoms with E-state index in [9.17, 15) is 9.90 Å². The number of benzene rings is 1. The van der Waals surface area contributed by atoms with Crippen molar-refractivity contribution in [2.24, 2.45) is 0 Å². The van der Waals surface area contributed by atoms with Gasteiger partial charge in [0.25, 0.3) is 0 Å². The summed E-state index contributed by atoms with van der Waals surface area (Å²) in [6, 6.07) is 7.39. The molecule has 0 saturated heterocycles. The normalized spacial score (nSPS) is 13.8. The van der Waals surface area contributed by atoms with E-state index in [1.165, 1.54) is 0 Å². The number of rotatable bonds is 3. The number of carboxylic acids is 1. The van der Waals surface area contributed by atoms with E-state index in [-0.39, 0.29) is 0 Å². The molecule has 1 heterocycles. The van der Waals surface area contributed by atoms with E-state index >= 15 is 0 Å². The Hall–Kier alpha value is -1.88. The molecule has 0 aliphatic heterocycles. The van der Waals surface area contributed by atoms with Gasteiger partial charge in [-0.15, -0.1) is 0 Å². The van der Waals surface area contributed by atoms with Gasteiger partial charge in [0, 0.05) is 10.8 Å². The molecule has 2 rings (SSSR count). The van der Waals surface area contributed by atoms with Gasteiger partial charge in [0.05, 0.1) is 11.2 Å². The zero-order valence-corrected chi connectivity index (χ0v) is 9.64. The number of nitrogens with zero attached hydrogens (tertiary/aromatic N) is 1. The molecule has 2 aromatic rings. The molecule has 90 valence electrons. The smallest absolute Gasteiger partial charge is 0.333 e. The second kappa shape index (κ2) is 3.85. The van der Waals surface area contributed by atoms with E-state index in [1.54, 1.807) is 13.8 Å². The van der Waals surface area contributed by atoms with Crippen LogP contribution in [0.5, 0.6) is 0 Å². The lowest BCUT2D eigenvalue weighted by Gasteiger charge is -2.26. The molecule has 1 aromatic carbocycles. The first-order valence-electron chi connectivity index (χ1n) is 5.29. The largest absolute Gasteiger partial charge is 0.479 e. The first-order valence-corrected chi connectivity index (χ1v) is 5.29. The van der Waals surface area contributed by atoms with E-state index in [1.807, 2.05) is 24.3 Å². The van der Waals surface area contributed by atoms with E-state index in [0.717, 1.165) is 10.9 Å². The van der Waals surface area contributed by atoms with Gasteiger partial charge in [0.15, 0.2) is 6.10 Å². The highest BCUT2D eigenvalue weighted by Gasteiger charge is 2.37. The van der Waals surface area contributed by atoms with E-state index in [0.29, 0.717) is 5.69 Å². The minimum Gasteiger partial charge on any atom is -0.479 e. The number of aliphatic hydroxyl groups is 1. The topological polar surface area (TPSA) is 86.2 Å². The molecule has 0 saturated carbocycles. The van der Waals surface area contributed by atoms with E-state index in [2.05, 4.69) is 10.2 Å². The average molecular weight is 234 g/mol. The van der Waals surface area contributed by atoms with Gasteiger partial charge in [-0.3, -0.25) is 5.10 Å². The Morgan fingerprint density at radius 1 is 1.41 bits per heavy atom. The standard InChI is InChI=1S/C12H14N2O3/c1-12(2,10(15)11(16)17)9-7-5-3-4-6-8(7)13-14-9/h3-6,10,15H,1-2H3,(H,13,14)(H,16,17). The summed E-state index contributed by atoms with van der Waals surface area (Å²) < 4.78 is 0. The Kier molecular flexibility index (Phi) is 2.63. The first kappa shape index (κ1) is 11.6. The lowest BCUT2D eigenvalue weighted by Crippen LogP contribution is -2.40. The van der Waals surface area contributed by atoms with Crippen LogP contribution < -0.4 is 0 Å². The van der Waals surface area contributed by atoms with Crippen molar-refractivity contribution in [3.8, 4) is 0 Å². The third kappa shape index (κ3) is 1.78. The molecule has 1 aromatic heterocycles. The fraction of sp³-hybridized carbons (Fsp3) is 0.333. The lowest BCUT2D eigenvalue weighted by molar-refractivity contribution is -0.150. The highest BCUT2D eigenvalue weighted by atomic mass is 16.4. The zero-order valence-electron chi connectivity index (χ0n) is 9.64. The number of H-pyrrole nitrogens is 1. The highest BCUT2D eigenvalue weighted by molar-refractivity contribution is 5.84. The molecule has 3 N–H and O–H groups in total. The van der Waals surface area contributed by atoms with Crippen molar-refractivity contribution in [3.63, 3.8) is 0 Å². The summed E-state index contributed by atoms with van der Waals surface area (Å²) in [5.74, 6) is -1.24. The Labute approximate surface area is 98.1 Å². The van der Waals surface area contributed by atoms with Crippen molar-refractivity contribution < 1.29 is 15.0 Å². The minimum absolute atomic E-state index is 0.628. The van der Waals surface area contributed by atoms with Gasteiger partial charge in [-0.05, 0) is 6.07 Å². The molecule has 5 heteroatoms. The van der Waals surface area contributed by atoms with Gasteiger partial charge in [-0.25, -0.2) is 4.79 Å². The number of carboxylic acid groups (broad SMARTS) is 1. The van der Waals surface area contributed by atoms with Crippen molar-refractivity contribution >= 4 is 16.9 Å². The van der Waals surface area contributed by atoms with E-state index < -0.39 is 17.5 Å². The second-order valence-corrected chi connectivity index (χ2v) is 4.58. The van der Waals surface area contributed by atoms with Crippen molar-refractivity contribution in [1.82, 2.24) is 10.2 Å². The quantitative estimate of drug-likeness (QED) is 0.746. The maximum atomic E-state index is 10.9. The van der Waals surface area contributed by atoms with Crippen LogP contribution in [-0.4, -0.2) is 32.5 Å². The number of hydrogen-bond acceptors (Lipinski definition) is 3. The molecular weight excluding hydrogens is 220 g/mol. The highest BCUT2D eigenvalue weighted by Crippen LogP contribution is 2.31. The zero-order chi connectivity index (χ0) is 12.6.